The SMILES string of the molecule is Cc1cc(C)c(C2=c3ccc([nH]3)=c3cc/c([nH]3)=C(\c3c(C)cc(C)cc3C)C3=CCC(C)(N3)C(c3ccc(F)c([N+](=O)[O-])c3)C3C=CC2=N3)c(C)c1. The predicted molar refractivity (Wildman–Crippen MR) is 205 cm³/mol. The third-order valence-electron chi connectivity index (χ3n) is 11.0. The molecule has 2 aromatic heterocycles. The van der Waals surface area contributed by atoms with Crippen LogP contribution in [0.25, 0.3) is 11.1 Å². The predicted octanol–water partition coefficient (Wildman–Crippen LogP) is 7.74. The van der Waals surface area contributed by atoms with E-state index in [1.165, 1.54) is 34.4 Å². The van der Waals surface area contributed by atoms with Gasteiger partial charge in [-0.15, -0.1) is 0 Å². The monoisotopic (exact) mass is 691 g/mol. The molecule has 0 aliphatic carbocycles. The molecule has 8 heteroatoms. The molecule has 0 spiro atoms. The lowest BCUT2D eigenvalue weighted by atomic mass is 9.75. The van der Waals surface area contributed by atoms with E-state index in [-0.39, 0.29) is 5.92 Å². The molecule has 3 aromatic carbocycles. The molecule has 5 aromatic rings. The van der Waals surface area contributed by atoms with Crippen LogP contribution in [0.3, 0.4) is 0 Å². The fraction of sp³-hybridized carbons (Fsp3) is 0.250. The third-order valence-corrected chi connectivity index (χ3v) is 11.0. The molecule has 0 fully saturated rings. The highest BCUT2D eigenvalue weighted by molar-refractivity contribution is 6.30. The van der Waals surface area contributed by atoms with E-state index < -0.39 is 28.0 Å². The van der Waals surface area contributed by atoms with Crippen LogP contribution in [0.2, 0.25) is 0 Å². The summed E-state index contributed by atoms with van der Waals surface area (Å²) in [5.41, 5.74) is 12.6. The number of rotatable bonds is 4. The second kappa shape index (κ2) is 12.2. The van der Waals surface area contributed by atoms with Crippen LogP contribution in [0, 0.1) is 68.2 Å². The van der Waals surface area contributed by atoms with E-state index in [1.54, 1.807) is 6.07 Å². The van der Waals surface area contributed by atoms with Gasteiger partial charge in [-0.05, 0) is 130 Å². The van der Waals surface area contributed by atoms with E-state index in [9.17, 15) is 14.5 Å². The van der Waals surface area contributed by atoms with Crippen molar-refractivity contribution in [1.82, 2.24) is 15.3 Å². The number of fused-ring (bicyclic) bond motifs is 7. The molecule has 0 radical (unpaired) electrons. The highest BCUT2D eigenvalue weighted by Crippen LogP contribution is 2.44. The lowest BCUT2D eigenvalue weighted by molar-refractivity contribution is -0.387. The summed E-state index contributed by atoms with van der Waals surface area (Å²) in [6.07, 6.45) is 7.03. The highest BCUT2D eigenvalue weighted by atomic mass is 19.1. The molecule has 3 N–H and O–H groups in total. The van der Waals surface area contributed by atoms with Crippen LogP contribution in [0.15, 0.2) is 95.6 Å². The minimum absolute atomic E-state index is 0.388. The van der Waals surface area contributed by atoms with Crippen LogP contribution >= 0.6 is 0 Å². The number of nitrogens with one attached hydrogen (secondary N) is 3. The lowest BCUT2D eigenvalue weighted by Crippen LogP contribution is -2.47. The minimum Gasteiger partial charge on any atom is -0.379 e. The molecule has 5 heterocycles. The van der Waals surface area contributed by atoms with Crippen LogP contribution in [-0.2, 0) is 0 Å². The van der Waals surface area contributed by atoms with Crippen molar-refractivity contribution >= 4 is 22.5 Å². The molecule has 262 valence electrons. The van der Waals surface area contributed by atoms with Gasteiger partial charge in [0.05, 0.1) is 27.4 Å². The Kier molecular flexibility index (Phi) is 7.82. The van der Waals surface area contributed by atoms with Gasteiger partial charge >= 0.3 is 5.69 Å². The van der Waals surface area contributed by atoms with Gasteiger partial charge in [0.25, 0.3) is 0 Å². The standard InChI is InChI=1S/C44H42FN5O2/c1-23-18-25(3)39(26(4)19-23)41-33-12-10-31(46-33)32-11-13-35(47-32)42(40-27(5)20-24(2)21-28(40)6)36-16-17-44(7,49-36)43(37-15-14-34(41)48-37)29-8-9-30(45)38(22-29)50(51)52/h8-16,18-22,37,43,46-47,49H,17H2,1-7H3/b32-31?,41-33?,42-35+. The molecule has 52 heavy (non-hydrogen) atoms. The number of allylic oxidation sites excluding steroid dienone is 2. The molecular formula is C44H42FN5O2. The number of aliphatic imine (C=N–C) groups is 1. The first-order valence-electron chi connectivity index (χ1n) is 17.8. The zero-order chi connectivity index (χ0) is 36.6. The number of benzene rings is 3. The second-order valence-corrected chi connectivity index (χ2v) is 15.0. The van der Waals surface area contributed by atoms with Crippen LogP contribution in [0.5, 0.6) is 0 Å². The summed E-state index contributed by atoms with van der Waals surface area (Å²) in [4.78, 5) is 24.3. The quantitative estimate of drug-likeness (QED) is 0.133. The normalized spacial score (nSPS) is 21.7. The third kappa shape index (κ3) is 5.45. The molecule has 8 bridgehead atoms. The van der Waals surface area contributed by atoms with Crippen molar-refractivity contribution in [2.24, 2.45) is 4.99 Å². The number of H-pyrrole nitrogens is 2. The fourth-order valence-corrected chi connectivity index (χ4v) is 9.03. The molecule has 3 unspecified atom stereocenters. The van der Waals surface area contributed by atoms with Gasteiger partial charge in [-0.3, -0.25) is 15.1 Å². The van der Waals surface area contributed by atoms with E-state index in [1.807, 2.05) is 0 Å². The van der Waals surface area contributed by atoms with E-state index in [0.29, 0.717) is 12.0 Å². The Labute approximate surface area is 301 Å². The maximum atomic E-state index is 14.8. The number of nitro benzene ring substituents is 1. The topological polar surface area (TPSA) is 99.1 Å². The average Bonchev–Trinajstić information content (AvgIpc) is 3.89. The zero-order valence-electron chi connectivity index (χ0n) is 30.5. The van der Waals surface area contributed by atoms with Crippen molar-refractivity contribution in [1.29, 1.82) is 0 Å². The van der Waals surface area contributed by atoms with Crippen molar-refractivity contribution in [3.8, 4) is 0 Å². The summed E-state index contributed by atoms with van der Waals surface area (Å²) in [6.45, 7) is 15.0. The molecule has 3 aliphatic rings. The summed E-state index contributed by atoms with van der Waals surface area (Å²) in [7, 11) is 0. The Morgan fingerprint density at radius 1 is 0.769 bits per heavy atom. The van der Waals surface area contributed by atoms with Gasteiger partial charge in [0, 0.05) is 45.1 Å². The first-order valence-corrected chi connectivity index (χ1v) is 17.8. The average molecular weight is 692 g/mol. The molecular weight excluding hydrogens is 650 g/mol. The smallest absolute Gasteiger partial charge is 0.305 e. The number of nitro groups is 1. The summed E-state index contributed by atoms with van der Waals surface area (Å²) >= 11 is 0. The maximum Gasteiger partial charge on any atom is 0.305 e. The Balaban J connectivity index is 1.48. The van der Waals surface area contributed by atoms with Crippen LogP contribution in [-0.4, -0.2) is 32.2 Å². The number of aromatic nitrogens is 2. The van der Waals surface area contributed by atoms with Crippen LogP contribution in [0.4, 0.5) is 10.1 Å². The first-order chi connectivity index (χ1) is 24.8. The van der Waals surface area contributed by atoms with E-state index in [2.05, 4.69) is 131 Å². The van der Waals surface area contributed by atoms with Gasteiger partial charge in [-0.1, -0.05) is 53.6 Å². The summed E-state index contributed by atoms with van der Waals surface area (Å²) < 4.78 is 14.8. The molecule has 3 aliphatic heterocycles. The van der Waals surface area contributed by atoms with Crippen molar-refractivity contribution in [2.75, 3.05) is 0 Å². The number of aromatic amines is 2. The van der Waals surface area contributed by atoms with E-state index in [4.69, 9.17) is 4.99 Å². The molecule has 0 saturated heterocycles. The van der Waals surface area contributed by atoms with Crippen molar-refractivity contribution in [3.63, 3.8) is 0 Å². The van der Waals surface area contributed by atoms with E-state index in [0.717, 1.165) is 66.2 Å². The van der Waals surface area contributed by atoms with Gasteiger partial charge in [-0.25, -0.2) is 0 Å². The number of hydrogen-bond donors (Lipinski definition) is 3. The Morgan fingerprint density at radius 3 is 1.88 bits per heavy atom. The van der Waals surface area contributed by atoms with Gasteiger partial charge in [0.15, 0.2) is 0 Å². The van der Waals surface area contributed by atoms with Crippen molar-refractivity contribution in [2.45, 2.75) is 72.4 Å². The number of hydrogen-bond acceptors (Lipinski definition) is 4. The minimum atomic E-state index is -0.854. The summed E-state index contributed by atoms with van der Waals surface area (Å²) in [5.74, 6) is -1.24. The molecule has 0 amide bonds. The van der Waals surface area contributed by atoms with E-state index >= 15 is 0 Å². The lowest BCUT2D eigenvalue weighted by Gasteiger charge is -2.38. The molecule has 0 saturated carbocycles. The van der Waals surface area contributed by atoms with Gasteiger partial charge < -0.3 is 15.3 Å². The highest BCUT2D eigenvalue weighted by Gasteiger charge is 2.44. The Hall–Kier alpha value is -5.76. The summed E-state index contributed by atoms with van der Waals surface area (Å²) in [6, 6.07) is 21.2. The van der Waals surface area contributed by atoms with Crippen molar-refractivity contribution < 1.29 is 9.31 Å². The number of aryl methyl sites for hydroxylation is 6. The molecule has 7 nitrogen and oxygen atoms in total. The first kappa shape index (κ1) is 33.4. The molecule has 3 atom stereocenters. The number of halogens is 1. The Morgan fingerprint density at radius 2 is 1.31 bits per heavy atom. The maximum absolute atomic E-state index is 14.8. The van der Waals surface area contributed by atoms with Gasteiger partial charge in [0.1, 0.15) is 0 Å². The number of nitrogens with zero attached hydrogens (tertiary/aromatic N) is 2. The largest absolute Gasteiger partial charge is 0.379 e. The molecule has 8 rings (SSSR count). The zero-order valence-corrected chi connectivity index (χ0v) is 30.5. The summed E-state index contributed by atoms with van der Waals surface area (Å²) in [5, 5.41) is 19.8. The van der Waals surface area contributed by atoms with Crippen LogP contribution in [0.1, 0.15) is 69.3 Å². The Bertz CT molecular complexity index is 2630. The van der Waals surface area contributed by atoms with Gasteiger partial charge in [-0.2, -0.15) is 4.39 Å². The second-order valence-electron chi connectivity index (χ2n) is 15.0. The fourth-order valence-electron chi connectivity index (χ4n) is 9.03. The van der Waals surface area contributed by atoms with Crippen molar-refractivity contribution in [3.05, 3.63) is 178 Å². The van der Waals surface area contributed by atoms with Crippen LogP contribution < -0.4 is 16.0 Å². The van der Waals surface area contributed by atoms with Gasteiger partial charge in [0.2, 0.25) is 5.82 Å².